The topological polar surface area (TPSA) is 67.3 Å². The van der Waals surface area contributed by atoms with Gasteiger partial charge in [-0.05, 0) is 30.9 Å². The molecular weight excluding hydrogens is 304 g/mol. The number of hydrogen-bond acceptors (Lipinski definition) is 5. The van der Waals surface area contributed by atoms with Crippen LogP contribution in [0.15, 0.2) is 36.7 Å². The van der Waals surface area contributed by atoms with Crippen LogP contribution in [0.2, 0.25) is 0 Å². The Morgan fingerprint density at radius 1 is 1.25 bits per heavy atom. The molecule has 0 bridgehead atoms. The van der Waals surface area contributed by atoms with Crippen LogP contribution in [-0.4, -0.2) is 36.1 Å². The maximum atomic E-state index is 12.3. The van der Waals surface area contributed by atoms with Crippen LogP contribution in [0.25, 0.3) is 0 Å². The fourth-order valence-electron chi connectivity index (χ4n) is 2.74. The molecule has 2 heterocycles. The average Bonchev–Trinajstić information content (AvgIpc) is 2.62. The molecule has 1 aliphatic heterocycles. The molecule has 1 amide bonds. The second-order valence-electron chi connectivity index (χ2n) is 6.12. The molecule has 0 radical (unpaired) electrons. The van der Waals surface area contributed by atoms with Gasteiger partial charge in [-0.3, -0.25) is 4.79 Å². The Morgan fingerprint density at radius 3 is 2.71 bits per heavy atom. The van der Waals surface area contributed by atoms with Crippen molar-refractivity contribution >= 4 is 17.4 Å². The number of nitrogens with one attached hydrogen (secondary N) is 1. The second kappa shape index (κ2) is 7.29. The lowest BCUT2D eigenvalue weighted by Gasteiger charge is -2.30. The molecule has 0 saturated carbocycles. The van der Waals surface area contributed by atoms with Gasteiger partial charge in [-0.15, -0.1) is 0 Å². The van der Waals surface area contributed by atoms with Crippen molar-refractivity contribution in [3.05, 3.63) is 42.4 Å². The standard InChI is InChI=1S/C18H22N4O2/c1-13-6-8-22(9-7-13)17-12-19-16(11-20-17)18(23)21-14-4-3-5-15(10-14)24-2/h3-5,10-13H,6-9H2,1-2H3,(H,21,23). The third-order valence-electron chi connectivity index (χ3n) is 4.31. The van der Waals surface area contributed by atoms with Gasteiger partial charge in [-0.1, -0.05) is 13.0 Å². The Labute approximate surface area is 141 Å². The maximum Gasteiger partial charge on any atom is 0.275 e. The number of anilines is 2. The first kappa shape index (κ1) is 16.2. The van der Waals surface area contributed by atoms with Gasteiger partial charge in [-0.2, -0.15) is 0 Å². The van der Waals surface area contributed by atoms with Gasteiger partial charge >= 0.3 is 0 Å². The van der Waals surface area contributed by atoms with Gasteiger partial charge in [0.15, 0.2) is 0 Å². The smallest absolute Gasteiger partial charge is 0.275 e. The molecule has 0 spiro atoms. The molecule has 24 heavy (non-hydrogen) atoms. The summed E-state index contributed by atoms with van der Waals surface area (Å²) in [5.41, 5.74) is 0.960. The largest absolute Gasteiger partial charge is 0.497 e. The summed E-state index contributed by atoms with van der Waals surface area (Å²) < 4.78 is 5.15. The molecule has 0 unspecified atom stereocenters. The van der Waals surface area contributed by atoms with Crippen molar-refractivity contribution in [1.29, 1.82) is 0 Å². The van der Waals surface area contributed by atoms with E-state index in [-0.39, 0.29) is 5.91 Å². The van der Waals surface area contributed by atoms with Crippen molar-refractivity contribution in [1.82, 2.24) is 9.97 Å². The van der Waals surface area contributed by atoms with E-state index in [0.29, 0.717) is 17.1 Å². The molecule has 2 aromatic rings. The molecular formula is C18H22N4O2. The lowest BCUT2D eigenvalue weighted by molar-refractivity contribution is 0.102. The number of methoxy groups -OCH3 is 1. The molecule has 0 aliphatic carbocycles. The minimum absolute atomic E-state index is 0.283. The maximum absolute atomic E-state index is 12.3. The highest BCUT2D eigenvalue weighted by Crippen LogP contribution is 2.21. The van der Waals surface area contributed by atoms with Crippen LogP contribution >= 0.6 is 0 Å². The molecule has 1 aromatic carbocycles. The summed E-state index contributed by atoms with van der Waals surface area (Å²) in [6.45, 7) is 4.26. The lowest BCUT2D eigenvalue weighted by atomic mass is 9.99. The van der Waals surface area contributed by atoms with Crippen molar-refractivity contribution in [3.63, 3.8) is 0 Å². The fraction of sp³-hybridized carbons (Fsp3) is 0.389. The minimum atomic E-state index is -0.283. The first-order valence-corrected chi connectivity index (χ1v) is 8.18. The number of hydrogen-bond donors (Lipinski definition) is 1. The summed E-state index contributed by atoms with van der Waals surface area (Å²) >= 11 is 0. The van der Waals surface area contributed by atoms with Crippen LogP contribution in [0.4, 0.5) is 11.5 Å². The molecule has 3 rings (SSSR count). The van der Waals surface area contributed by atoms with Crippen LogP contribution < -0.4 is 15.0 Å². The van der Waals surface area contributed by atoms with Gasteiger partial charge in [0.1, 0.15) is 17.3 Å². The first-order valence-electron chi connectivity index (χ1n) is 8.18. The van der Waals surface area contributed by atoms with Crippen molar-refractivity contribution < 1.29 is 9.53 Å². The van der Waals surface area contributed by atoms with E-state index in [4.69, 9.17) is 4.74 Å². The minimum Gasteiger partial charge on any atom is -0.497 e. The summed E-state index contributed by atoms with van der Waals surface area (Å²) in [6.07, 6.45) is 5.54. The number of amides is 1. The first-order chi connectivity index (χ1) is 11.7. The number of benzene rings is 1. The summed E-state index contributed by atoms with van der Waals surface area (Å²) in [6, 6.07) is 7.20. The monoisotopic (exact) mass is 326 g/mol. The third-order valence-corrected chi connectivity index (χ3v) is 4.31. The van der Waals surface area contributed by atoms with E-state index in [1.54, 1.807) is 25.4 Å². The number of carbonyl (C=O) groups is 1. The zero-order chi connectivity index (χ0) is 16.9. The van der Waals surface area contributed by atoms with Crippen LogP contribution in [0, 0.1) is 5.92 Å². The average molecular weight is 326 g/mol. The van der Waals surface area contributed by atoms with Gasteiger partial charge in [-0.25, -0.2) is 9.97 Å². The Bertz CT molecular complexity index is 694. The number of aromatic nitrogens is 2. The number of piperidine rings is 1. The predicted octanol–water partition coefficient (Wildman–Crippen LogP) is 2.97. The van der Waals surface area contributed by atoms with E-state index in [9.17, 15) is 4.79 Å². The highest BCUT2D eigenvalue weighted by molar-refractivity contribution is 6.02. The van der Waals surface area contributed by atoms with E-state index in [1.165, 1.54) is 19.0 Å². The SMILES string of the molecule is COc1cccc(NC(=O)c2cnc(N3CCC(C)CC3)cn2)c1. The van der Waals surface area contributed by atoms with Gasteiger partial charge in [0.2, 0.25) is 0 Å². The van der Waals surface area contributed by atoms with Gasteiger partial charge < -0.3 is 15.0 Å². The van der Waals surface area contributed by atoms with E-state index < -0.39 is 0 Å². The van der Waals surface area contributed by atoms with Crippen molar-refractivity contribution in [2.45, 2.75) is 19.8 Å². The fourth-order valence-corrected chi connectivity index (χ4v) is 2.74. The zero-order valence-corrected chi connectivity index (χ0v) is 14.0. The quantitative estimate of drug-likeness (QED) is 0.935. The number of nitrogens with zero attached hydrogens (tertiary/aromatic N) is 3. The second-order valence-corrected chi connectivity index (χ2v) is 6.12. The number of ether oxygens (including phenoxy) is 1. The van der Waals surface area contributed by atoms with Gasteiger partial charge in [0.25, 0.3) is 5.91 Å². The Balaban J connectivity index is 1.65. The highest BCUT2D eigenvalue weighted by atomic mass is 16.5. The molecule has 1 aromatic heterocycles. The third kappa shape index (κ3) is 3.82. The van der Waals surface area contributed by atoms with E-state index in [2.05, 4.69) is 27.1 Å². The van der Waals surface area contributed by atoms with Crippen LogP contribution in [0.3, 0.4) is 0 Å². The van der Waals surface area contributed by atoms with Gasteiger partial charge in [0, 0.05) is 24.8 Å². The molecule has 1 saturated heterocycles. The normalized spacial score (nSPS) is 15.2. The number of carbonyl (C=O) groups excluding carboxylic acids is 1. The molecule has 1 aliphatic rings. The zero-order valence-electron chi connectivity index (χ0n) is 14.0. The van der Waals surface area contributed by atoms with Crippen molar-refractivity contribution in [3.8, 4) is 5.75 Å². The van der Waals surface area contributed by atoms with Crippen LogP contribution in [-0.2, 0) is 0 Å². The number of rotatable bonds is 4. The Morgan fingerprint density at radius 2 is 2.04 bits per heavy atom. The van der Waals surface area contributed by atoms with Crippen LogP contribution in [0.1, 0.15) is 30.3 Å². The molecule has 1 fully saturated rings. The predicted molar refractivity (Wildman–Crippen MR) is 93.6 cm³/mol. The van der Waals surface area contributed by atoms with Crippen LogP contribution in [0.5, 0.6) is 5.75 Å². The lowest BCUT2D eigenvalue weighted by Crippen LogP contribution is -2.33. The molecule has 1 N–H and O–H groups in total. The van der Waals surface area contributed by atoms with E-state index >= 15 is 0 Å². The molecule has 126 valence electrons. The van der Waals surface area contributed by atoms with Crippen molar-refractivity contribution in [2.24, 2.45) is 5.92 Å². The summed E-state index contributed by atoms with van der Waals surface area (Å²) in [5.74, 6) is 2.00. The molecule has 6 heteroatoms. The highest BCUT2D eigenvalue weighted by Gasteiger charge is 2.18. The van der Waals surface area contributed by atoms with Crippen molar-refractivity contribution in [2.75, 3.05) is 30.4 Å². The van der Waals surface area contributed by atoms with E-state index in [0.717, 1.165) is 24.8 Å². The van der Waals surface area contributed by atoms with Gasteiger partial charge in [0.05, 0.1) is 19.5 Å². The Kier molecular flexibility index (Phi) is 4.93. The van der Waals surface area contributed by atoms with E-state index in [1.807, 2.05) is 12.1 Å². The summed E-state index contributed by atoms with van der Waals surface area (Å²) in [5, 5.41) is 2.80. The Hall–Kier alpha value is -2.63. The summed E-state index contributed by atoms with van der Waals surface area (Å²) in [7, 11) is 1.59. The summed E-state index contributed by atoms with van der Waals surface area (Å²) in [4.78, 5) is 23.2. The molecule has 6 nitrogen and oxygen atoms in total. The molecule has 0 atom stereocenters.